The van der Waals surface area contributed by atoms with Crippen molar-refractivity contribution in [2.75, 3.05) is 6.16 Å². The van der Waals surface area contributed by atoms with Crippen LogP contribution in [0.15, 0.2) is 12.2 Å². The van der Waals surface area contributed by atoms with Crippen molar-refractivity contribution in [2.24, 2.45) is 0 Å². The molecule has 1 unspecified atom stereocenters. The summed E-state index contributed by atoms with van der Waals surface area (Å²) in [5.74, 6) is -1.79. The number of carbonyl (C=O) groups excluding carboxylic acids is 2. The normalized spacial score (nSPS) is 12.5. The van der Waals surface area contributed by atoms with Crippen LogP contribution in [0.2, 0.25) is 0 Å². The van der Waals surface area contributed by atoms with Crippen molar-refractivity contribution in [3.8, 4) is 0 Å². The number of unbranched alkanes of at least 4 members (excludes halogenated alkanes) is 6. The van der Waals surface area contributed by atoms with Crippen LogP contribution >= 0.6 is 7.60 Å². The van der Waals surface area contributed by atoms with E-state index in [1.54, 1.807) is 0 Å². The summed E-state index contributed by atoms with van der Waals surface area (Å²) >= 11 is 0. The molecule has 0 radical (unpaired) electrons. The van der Waals surface area contributed by atoms with Crippen LogP contribution in [-0.2, 0) is 23.6 Å². The zero-order valence-electron chi connectivity index (χ0n) is 14.5. The molecule has 1 atom stereocenters. The first-order valence-electron chi connectivity index (χ1n) is 8.26. The van der Waals surface area contributed by atoms with E-state index < -0.39 is 32.0 Å². The standard InChI is InChI=1S/C16H29O7P/c1-4-5-6-7-8-9-10-11-15(23-16(18)13(2)3)22-14(17)12-24(19,20)21/h15H,2,4-12H2,1,3H3,(H2,19,20,21). The Bertz CT molecular complexity index is 455. The van der Waals surface area contributed by atoms with Gasteiger partial charge in [-0.15, -0.1) is 0 Å². The average Bonchev–Trinajstić information content (AvgIpc) is 2.43. The quantitative estimate of drug-likeness (QED) is 0.170. The fourth-order valence-electron chi connectivity index (χ4n) is 1.98. The Morgan fingerprint density at radius 2 is 1.58 bits per heavy atom. The maximum absolute atomic E-state index is 11.6. The van der Waals surface area contributed by atoms with Crippen LogP contribution in [0.3, 0.4) is 0 Å². The van der Waals surface area contributed by atoms with Crippen molar-refractivity contribution in [3.05, 3.63) is 12.2 Å². The highest BCUT2D eigenvalue weighted by molar-refractivity contribution is 7.52. The summed E-state index contributed by atoms with van der Waals surface area (Å²) in [7, 11) is -4.51. The van der Waals surface area contributed by atoms with Crippen molar-refractivity contribution < 1.29 is 33.4 Å². The number of ether oxygens (including phenoxy) is 2. The number of hydrogen-bond donors (Lipinski definition) is 2. The fourth-order valence-corrected chi connectivity index (χ4v) is 2.39. The molecule has 0 bridgehead atoms. The smallest absolute Gasteiger partial charge is 0.336 e. The Morgan fingerprint density at radius 3 is 2.08 bits per heavy atom. The van der Waals surface area contributed by atoms with Gasteiger partial charge in [0.2, 0.25) is 6.29 Å². The van der Waals surface area contributed by atoms with E-state index in [0.29, 0.717) is 12.8 Å². The summed E-state index contributed by atoms with van der Waals surface area (Å²) in [6.45, 7) is 7.05. The van der Waals surface area contributed by atoms with Crippen molar-refractivity contribution >= 4 is 19.5 Å². The monoisotopic (exact) mass is 364 g/mol. The van der Waals surface area contributed by atoms with Gasteiger partial charge in [0.25, 0.3) is 0 Å². The van der Waals surface area contributed by atoms with Crippen LogP contribution in [0.1, 0.15) is 65.2 Å². The SMILES string of the molecule is C=C(C)C(=O)OC(CCCCCCCCC)OC(=O)CP(=O)(O)O. The van der Waals surface area contributed by atoms with Crippen LogP contribution in [0, 0.1) is 0 Å². The molecular formula is C16H29O7P. The van der Waals surface area contributed by atoms with E-state index in [1.165, 1.54) is 26.2 Å². The number of esters is 2. The van der Waals surface area contributed by atoms with E-state index in [1.807, 2.05) is 0 Å². The van der Waals surface area contributed by atoms with Gasteiger partial charge in [-0.1, -0.05) is 52.0 Å². The van der Waals surface area contributed by atoms with Crippen LogP contribution in [0.25, 0.3) is 0 Å². The zero-order chi connectivity index (χ0) is 18.6. The molecule has 7 nitrogen and oxygen atoms in total. The third-order valence-corrected chi connectivity index (χ3v) is 3.90. The summed E-state index contributed by atoms with van der Waals surface area (Å²) in [4.78, 5) is 40.6. The lowest BCUT2D eigenvalue weighted by Gasteiger charge is -2.18. The second-order valence-electron chi connectivity index (χ2n) is 5.84. The Hall–Kier alpha value is -1.17. The van der Waals surface area contributed by atoms with Gasteiger partial charge in [-0.05, 0) is 13.3 Å². The minimum Gasteiger partial charge on any atom is -0.425 e. The molecule has 2 N–H and O–H groups in total. The Balaban J connectivity index is 4.33. The highest BCUT2D eigenvalue weighted by Crippen LogP contribution is 2.34. The first-order chi connectivity index (χ1) is 11.2. The third-order valence-electron chi connectivity index (χ3n) is 3.23. The van der Waals surface area contributed by atoms with Gasteiger partial charge in [0.15, 0.2) is 0 Å². The molecule has 0 aliphatic heterocycles. The van der Waals surface area contributed by atoms with Crippen molar-refractivity contribution in [1.82, 2.24) is 0 Å². The number of hydrogen-bond acceptors (Lipinski definition) is 5. The van der Waals surface area contributed by atoms with Crippen LogP contribution < -0.4 is 0 Å². The van der Waals surface area contributed by atoms with E-state index >= 15 is 0 Å². The van der Waals surface area contributed by atoms with E-state index in [4.69, 9.17) is 19.3 Å². The predicted octanol–water partition coefficient (Wildman–Crippen LogP) is 3.29. The van der Waals surface area contributed by atoms with E-state index in [2.05, 4.69) is 13.5 Å². The largest absolute Gasteiger partial charge is 0.425 e. The number of rotatable bonds is 13. The minimum absolute atomic E-state index is 0.158. The molecule has 0 heterocycles. The fraction of sp³-hybridized carbons (Fsp3) is 0.750. The molecule has 0 saturated heterocycles. The second kappa shape index (κ2) is 12.2. The Morgan fingerprint density at radius 1 is 1.04 bits per heavy atom. The van der Waals surface area contributed by atoms with Crippen molar-refractivity contribution in [1.29, 1.82) is 0 Å². The van der Waals surface area contributed by atoms with Crippen LogP contribution in [0.5, 0.6) is 0 Å². The van der Waals surface area contributed by atoms with Gasteiger partial charge in [0, 0.05) is 12.0 Å². The van der Waals surface area contributed by atoms with Gasteiger partial charge in [-0.3, -0.25) is 9.36 Å². The maximum atomic E-state index is 11.6. The lowest BCUT2D eigenvalue weighted by atomic mass is 10.1. The molecule has 0 spiro atoms. The molecule has 0 aromatic rings. The lowest BCUT2D eigenvalue weighted by molar-refractivity contribution is -0.184. The molecule has 0 fully saturated rings. The maximum Gasteiger partial charge on any atom is 0.336 e. The predicted molar refractivity (Wildman–Crippen MR) is 90.3 cm³/mol. The second-order valence-corrected chi connectivity index (χ2v) is 7.48. The molecule has 0 aliphatic rings. The summed E-state index contributed by atoms with van der Waals surface area (Å²) < 4.78 is 20.7. The van der Waals surface area contributed by atoms with E-state index in [9.17, 15) is 14.2 Å². The summed E-state index contributed by atoms with van der Waals surface area (Å²) in [5.41, 5.74) is 0.158. The topological polar surface area (TPSA) is 110 Å². The Kier molecular flexibility index (Phi) is 11.6. The molecule has 0 amide bonds. The van der Waals surface area contributed by atoms with Crippen molar-refractivity contribution in [2.45, 2.75) is 71.5 Å². The van der Waals surface area contributed by atoms with Gasteiger partial charge < -0.3 is 19.3 Å². The molecular weight excluding hydrogens is 335 g/mol. The minimum atomic E-state index is -4.51. The van der Waals surface area contributed by atoms with Crippen molar-refractivity contribution in [3.63, 3.8) is 0 Å². The Labute approximate surface area is 143 Å². The molecule has 0 aromatic carbocycles. The summed E-state index contributed by atoms with van der Waals surface area (Å²) in [5, 5.41) is 0. The zero-order valence-corrected chi connectivity index (χ0v) is 15.4. The van der Waals surface area contributed by atoms with Gasteiger partial charge >= 0.3 is 19.5 Å². The molecule has 0 aliphatic carbocycles. The van der Waals surface area contributed by atoms with E-state index in [0.717, 1.165) is 19.3 Å². The lowest BCUT2D eigenvalue weighted by Crippen LogP contribution is -2.26. The first-order valence-corrected chi connectivity index (χ1v) is 10.1. The highest BCUT2D eigenvalue weighted by atomic mass is 31.2. The molecule has 24 heavy (non-hydrogen) atoms. The molecule has 8 heteroatoms. The molecule has 0 rings (SSSR count). The highest BCUT2D eigenvalue weighted by Gasteiger charge is 2.25. The number of carbonyl (C=O) groups is 2. The molecule has 0 saturated carbocycles. The molecule has 0 aromatic heterocycles. The van der Waals surface area contributed by atoms with Crippen LogP contribution in [0.4, 0.5) is 0 Å². The summed E-state index contributed by atoms with van der Waals surface area (Å²) in [6, 6.07) is 0. The van der Waals surface area contributed by atoms with Gasteiger partial charge in [-0.2, -0.15) is 0 Å². The van der Waals surface area contributed by atoms with Gasteiger partial charge in [-0.25, -0.2) is 4.79 Å². The van der Waals surface area contributed by atoms with E-state index in [-0.39, 0.29) is 5.57 Å². The average molecular weight is 364 g/mol. The van der Waals surface area contributed by atoms with Crippen LogP contribution in [-0.4, -0.2) is 34.2 Å². The molecule has 140 valence electrons. The van der Waals surface area contributed by atoms with Gasteiger partial charge in [0.05, 0.1) is 0 Å². The first kappa shape index (κ1) is 22.8. The third kappa shape index (κ3) is 13.3. The summed E-state index contributed by atoms with van der Waals surface area (Å²) in [6.07, 6.45) is 5.42. The van der Waals surface area contributed by atoms with Gasteiger partial charge in [0.1, 0.15) is 6.16 Å².